The topological polar surface area (TPSA) is 177 Å². The summed E-state index contributed by atoms with van der Waals surface area (Å²) in [5.74, 6) is -0.658. The second-order valence-corrected chi connectivity index (χ2v) is 7.43. The maximum Gasteiger partial charge on any atom is 0.363 e. The van der Waals surface area contributed by atoms with Gasteiger partial charge in [0.05, 0.1) is 20.8 Å². The lowest BCUT2D eigenvalue weighted by Gasteiger charge is -2.06. The molecule has 3 aromatic rings. The molecule has 0 N–H and O–H groups in total. The van der Waals surface area contributed by atoms with E-state index in [-0.39, 0.29) is 28.8 Å². The number of aryl methyl sites for hydroxylation is 1. The van der Waals surface area contributed by atoms with Gasteiger partial charge in [-0.15, -0.1) is 0 Å². The van der Waals surface area contributed by atoms with Crippen LogP contribution in [0, 0.1) is 37.3 Å². The fourth-order valence-electron chi connectivity index (χ4n) is 3.29. The highest BCUT2D eigenvalue weighted by Crippen LogP contribution is 2.34. The Kier molecular flexibility index (Phi) is 6.20. The van der Waals surface area contributed by atoms with Gasteiger partial charge < -0.3 is 9.47 Å². The Morgan fingerprint density at radius 3 is 2.17 bits per heavy atom. The number of nitrogens with zero attached hydrogens (tertiary/aromatic N) is 4. The van der Waals surface area contributed by atoms with E-state index >= 15 is 0 Å². The first-order chi connectivity index (χ1) is 17.1. The van der Waals surface area contributed by atoms with Gasteiger partial charge in [0.25, 0.3) is 11.4 Å². The van der Waals surface area contributed by atoms with Crippen LogP contribution in [0.5, 0.6) is 11.5 Å². The van der Waals surface area contributed by atoms with Gasteiger partial charge >= 0.3 is 11.7 Å². The standard InChI is InChI=1S/C23H14N4O9/c1-13-10-15(4-8-19(13)26(31)32)22-24-18(23(28)36-22)11-14-2-6-17(7-3-14)35-21-9-5-16(25(29)30)12-20(21)27(33)34/h2-12H,1H3/b18-11-. The van der Waals surface area contributed by atoms with E-state index in [9.17, 15) is 35.1 Å². The van der Waals surface area contributed by atoms with Crippen molar-refractivity contribution in [3.63, 3.8) is 0 Å². The third-order valence-electron chi connectivity index (χ3n) is 5.02. The van der Waals surface area contributed by atoms with Crippen molar-refractivity contribution in [2.75, 3.05) is 0 Å². The van der Waals surface area contributed by atoms with E-state index in [2.05, 4.69) is 4.99 Å². The van der Waals surface area contributed by atoms with Crippen molar-refractivity contribution >= 4 is 35.0 Å². The highest BCUT2D eigenvalue weighted by atomic mass is 16.6. The molecule has 4 rings (SSSR count). The number of non-ortho nitro benzene ring substituents is 1. The number of ether oxygens (including phenoxy) is 2. The van der Waals surface area contributed by atoms with Crippen LogP contribution < -0.4 is 4.74 Å². The molecule has 0 radical (unpaired) electrons. The third kappa shape index (κ3) is 4.89. The van der Waals surface area contributed by atoms with Crippen LogP contribution in [0.2, 0.25) is 0 Å². The fourth-order valence-corrected chi connectivity index (χ4v) is 3.29. The van der Waals surface area contributed by atoms with Crippen LogP contribution in [-0.2, 0) is 9.53 Å². The second kappa shape index (κ2) is 9.42. The van der Waals surface area contributed by atoms with Gasteiger partial charge in [0.1, 0.15) is 5.75 Å². The van der Waals surface area contributed by atoms with E-state index in [1.807, 2.05) is 0 Å². The van der Waals surface area contributed by atoms with E-state index < -0.39 is 32.1 Å². The zero-order valence-electron chi connectivity index (χ0n) is 18.3. The molecular weight excluding hydrogens is 476 g/mol. The van der Waals surface area contributed by atoms with Gasteiger partial charge in [-0.3, -0.25) is 30.3 Å². The molecule has 0 saturated carbocycles. The van der Waals surface area contributed by atoms with Gasteiger partial charge in [0.15, 0.2) is 5.70 Å². The summed E-state index contributed by atoms with van der Waals surface area (Å²) in [6.45, 7) is 1.56. The number of cyclic esters (lactones) is 1. The molecule has 13 heteroatoms. The van der Waals surface area contributed by atoms with E-state index in [0.29, 0.717) is 16.7 Å². The molecule has 13 nitrogen and oxygen atoms in total. The number of nitro groups is 3. The Hall–Kier alpha value is -5.46. The molecule has 0 atom stereocenters. The average molecular weight is 490 g/mol. The maximum atomic E-state index is 12.3. The van der Waals surface area contributed by atoms with E-state index in [4.69, 9.17) is 9.47 Å². The normalized spacial score (nSPS) is 13.8. The van der Waals surface area contributed by atoms with Crippen molar-refractivity contribution in [2.24, 2.45) is 4.99 Å². The van der Waals surface area contributed by atoms with Crippen LogP contribution in [0.4, 0.5) is 17.1 Å². The molecular formula is C23H14N4O9. The van der Waals surface area contributed by atoms with Crippen molar-refractivity contribution in [3.05, 3.63) is 113 Å². The molecule has 3 aromatic carbocycles. The number of benzene rings is 3. The Morgan fingerprint density at radius 1 is 0.861 bits per heavy atom. The van der Waals surface area contributed by atoms with Crippen LogP contribution in [0.15, 0.2) is 71.4 Å². The summed E-state index contributed by atoms with van der Waals surface area (Å²) in [7, 11) is 0. The van der Waals surface area contributed by atoms with E-state index in [1.165, 1.54) is 36.4 Å². The number of carbonyl (C=O) groups excluding carboxylic acids is 1. The lowest BCUT2D eigenvalue weighted by Crippen LogP contribution is -2.06. The van der Waals surface area contributed by atoms with Crippen molar-refractivity contribution in [1.29, 1.82) is 0 Å². The Bertz CT molecular complexity index is 1490. The molecule has 1 heterocycles. The lowest BCUT2D eigenvalue weighted by atomic mass is 10.1. The number of carbonyl (C=O) groups is 1. The highest BCUT2D eigenvalue weighted by molar-refractivity contribution is 6.13. The van der Waals surface area contributed by atoms with Crippen LogP contribution >= 0.6 is 0 Å². The number of hydrogen-bond donors (Lipinski definition) is 0. The van der Waals surface area contributed by atoms with Gasteiger partial charge in [-0.2, -0.15) is 0 Å². The predicted molar refractivity (Wildman–Crippen MR) is 125 cm³/mol. The molecule has 0 aromatic heterocycles. The number of aliphatic imine (C=N–C) groups is 1. The molecule has 1 aliphatic rings. The molecule has 0 unspecified atom stereocenters. The summed E-state index contributed by atoms with van der Waals surface area (Å²) in [4.78, 5) is 47.5. The van der Waals surface area contributed by atoms with Gasteiger partial charge in [0.2, 0.25) is 11.6 Å². The van der Waals surface area contributed by atoms with Gasteiger partial charge in [-0.05, 0) is 48.9 Å². The molecule has 36 heavy (non-hydrogen) atoms. The first-order valence-electron chi connectivity index (χ1n) is 10.1. The Balaban J connectivity index is 1.54. The van der Waals surface area contributed by atoms with Crippen molar-refractivity contribution < 1.29 is 29.0 Å². The summed E-state index contributed by atoms with van der Waals surface area (Å²) in [5, 5.41) is 33.1. The first kappa shape index (κ1) is 23.7. The van der Waals surface area contributed by atoms with Gasteiger partial charge in [-0.1, -0.05) is 12.1 Å². The summed E-state index contributed by atoms with van der Waals surface area (Å²) in [6.07, 6.45) is 1.45. The Morgan fingerprint density at radius 2 is 1.56 bits per heavy atom. The minimum Gasteiger partial charge on any atom is -0.450 e. The zero-order chi connectivity index (χ0) is 26.0. The Labute approximate surface area is 201 Å². The van der Waals surface area contributed by atoms with Crippen molar-refractivity contribution in [1.82, 2.24) is 0 Å². The minimum atomic E-state index is -0.783. The van der Waals surface area contributed by atoms with E-state index in [1.54, 1.807) is 19.1 Å². The number of hydrogen-bond acceptors (Lipinski definition) is 10. The largest absolute Gasteiger partial charge is 0.450 e. The summed E-state index contributed by atoms with van der Waals surface area (Å²) < 4.78 is 10.7. The molecule has 0 aliphatic carbocycles. The molecule has 0 bridgehead atoms. The SMILES string of the molecule is Cc1cc(C2=N/C(=C\c3ccc(Oc4ccc([N+](=O)[O-])cc4[N+](=O)[O-])cc3)C(=O)O2)ccc1[N+](=O)[O-]. The first-order valence-corrected chi connectivity index (χ1v) is 10.1. The highest BCUT2D eigenvalue weighted by Gasteiger charge is 2.25. The van der Waals surface area contributed by atoms with Gasteiger partial charge in [-0.25, -0.2) is 9.79 Å². The summed E-state index contributed by atoms with van der Waals surface area (Å²) in [5.41, 5.74) is 0.260. The third-order valence-corrected chi connectivity index (χ3v) is 5.02. The second-order valence-electron chi connectivity index (χ2n) is 7.43. The zero-order valence-corrected chi connectivity index (χ0v) is 18.3. The fraction of sp³-hybridized carbons (Fsp3) is 0.0435. The van der Waals surface area contributed by atoms with Crippen LogP contribution in [-0.4, -0.2) is 26.6 Å². The molecule has 1 aliphatic heterocycles. The van der Waals surface area contributed by atoms with Gasteiger partial charge in [0, 0.05) is 23.3 Å². The monoisotopic (exact) mass is 490 g/mol. The number of esters is 1. The average Bonchev–Trinajstić information content (AvgIpc) is 3.20. The lowest BCUT2D eigenvalue weighted by molar-refractivity contribution is -0.394. The smallest absolute Gasteiger partial charge is 0.363 e. The number of nitro benzene ring substituents is 3. The molecule has 0 saturated heterocycles. The minimum absolute atomic E-state index is 0.000630. The summed E-state index contributed by atoms with van der Waals surface area (Å²) >= 11 is 0. The van der Waals surface area contributed by atoms with Crippen molar-refractivity contribution in [2.45, 2.75) is 6.92 Å². The summed E-state index contributed by atoms with van der Waals surface area (Å²) in [6, 6.07) is 13.4. The molecule has 0 fully saturated rings. The van der Waals surface area contributed by atoms with Crippen LogP contribution in [0.3, 0.4) is 0 Å². The predicted octanol–water partition coefficient (Wildman–Crippen LogP) is 4.86. The number of rotatable bonds is 7. The van der Waals surface area contributed by atoms with Crippen LogP contribution in [0.1, 0.15) is 16.7 Å². The molecule has 0 amide bonds. The molecule has 0 spiro atoms. The van der Waals surface area contributed by atoms with Crippen LogP contribution in [0.25, 0.3) is 6.08 Å². The van der Waals surface area contributed by atoms with Crippen molar-refractivity contribution in [3.8, 4) is 11.5 Å². The molecule has 180 valence electrons. The van der Waals surface area contributed by atoms with E-state index in [0.717, 1.165) is 18.2 Å². The quantitative estimate of drug-likeness (QED) is 0.194. The maximum absolute atomic E-state index is 12.3.